The van der Waals surface area contributed by atoms with Gasteiger partial charge >= 0.3 is 12.4 Å². The van der Waals surface area contributed by atoms with Crippen LogP contribution in [0.25, 0.3) is 0 Å². The zero-order valence-electron chi connectivity index (χ0n) is 15.1. The molecule has 0 aliphatic carbocycles. The van der Waals surface area contributed by atoms with Crippen LogP contribution in [0.2, 0.25) is 0 Å². The lowest BCUT2D eigenvalue weighted by Crippen LogP contribution is -2.49. The fourth-order valence-corrected chi connectivity index (χ4v) is 4.60. The number of sulfonamides is 1. The van der Waals surface area contributed by atoms with Gasteiger partial charge in [0.1, 0.15) is 5.82 Å². The van der Waals surface area contributed by atoms with E-state index in [2.05, 4.69) is 0 Å². The molecular formula is C18H15F7N2O2S. The first-order chi connectivity index (χ1) is 13.8. The van der Waals surface area contributed by atoms with Crippen molar-refractivity contribution < 1.29 is 39.2 Å². The normalized spacial score (nSPS) is 16.7. The molecule has 0 unspecified atom stereocenters. The minimum Gasteiger partial charge on any atom is -0.367 e. The van der Waals surface area contributed by atoms with E-state index in [0.29, 0.717) is 0 Å². The van der Waals surface area contributed by atoms with E-state index in [9.17, 15) is 39.2 Å². The van der Waals surface area contributed by atoms with E-state index in [1.165, 1.54) is 18.2 Å². The van der Waals surface area contributed by atoms with Crippen LogP contribution < -0.4 is 4.90 Å². The molecule has 0 saturated carbocycles. The van der Waals surface area contributed by atoms with Crippen LogP contribution in [-0.2, 0) is 22.4 Å². The van der Waals surface area contributed by atoms with Crippen molar-refractivity contribution in [1.29, 1.82) is 0 Å². The summed E-state index contributed by atoms with van der Waals surface area (Å²) in [4.78, 5) is 0.457. The van der Waals surface area contributed by atoms with Gasteiger partial charge in [-0.1, -0.05) is 12.1 Å². The molecular weight excluding hydrogens is 441 g/mol. The third-order valence-corrected chi connectivity index (χ3v) is 6.51. The Morgan fingerprint density at radius 1 is 0.767 bits per heavy atom. The monoisotopic (exact) mass is 456 g/mol. The van der Waals surface area contributed by atoms with Crippen molar-refractivity contribution in [3.8, 4) is 0 Å². The molecule has 0 bridgehead atoms. The van der Waals surface area contributed by atoms with Crippen LogP contribution in [0.15, 0.2) is 47.4 Å². The zero-order valence-corrected chi connectivity index (χ0v) is 16.0. The van der Waals surface area contributed by atoms with Gasteiger partial charge in [0.15, 0.2) is 0 Å². The van der Waals surface area contributed by atoms with Crippen molar-refractivity contribution in [3.05, 3.63) is 59.4 Å². The van der Waals surface area contributed by atoms with Crippen LogP contribution in [0.1, 0.15) is 11.1 Å². The van der Waals surface area contributed by atoms with E-state index < -0.39 is 44.2 Å². The van der Waals surface area contributed by atoms with E-state index >= 15 is 0 Å². The second-order valence-corrected chi connectivity index (χ2v) is 8.52. The van der Waals surface area contributed by atoms with Crippen molar-refractivity contribution >= 4 is 15.7 Å². The number of para-hydroxylation sites is 1. The number of nitrogens with zero attached hydrogens (tertiary/aromatic N) is 2. The number of piperazine rings is 1. The van der Waals surface area contributed by atoms with Gasteiger partial charge in [0.2, 0.25) is 10.0 Å². The standard InChI is InChI=1S/C18H15F7N2O2S/c19-15-3-1-2-4-16(15)26-5-7-27(8-6-26)30(28,29)14-10-12(17(20,21)22)9-13(11-14)18(23,24)25/h1-4,9-11H,5-8H2. The van der Waals surface area contributed by atoms with Gasteiger partial charge in [0, 0.05) is 26.2 Å². The number of anilines is 1. The maximum absolute atomic E-state index is 13.9. The summed E-state index contributed by atoms with van der Waals surface area (Å²) in [5, 5.41) is 0. The van der Waals surface area contributed by atoms with Crippen molar-refractivity contribution in [2.45, 2.75) is 17.2 Å². The van der Waals surface area contributed by atoms with Crippen molar-refractivity contribution in [2.75, 3.05) is 31.1 Å². The highest BCUT2D eigenvalue weighted by Crippen LogP contribution is 2.38. The lowest BCUT2D eigenvalue weighted by atomic mass is 10.1. The molecule has 0 atom stereocenters. The van der Waals surface area contributed by atoms with Gasteiger partial charge in [-0.25, -0.2) is 12.8 Å². The van der Waals surface area contributed by atoms with E-state index in [-0.39, 0.29) is 50.1 Å². The van der Waals surface area contributed by atoms with E-state index in [0.717, 1.165) is 4.31 Å². The molecule has 0 amide bonds. The third kappa shape index (κ3) is 4.53. The fourth-order valence-electron chi connectivity index (χ4n) is 3.10. The SMILES string of the molecule is O=S(=O)(c1cc(C(F)(F)F)cc(C(F)(F)F)c1)N1CCN(c2ccccc2F)CC1. The number of hydrogen-bond donors (Lipinski definition) is 0. The lowest BCUT2D eigenvalue weighted by molar-refractivity contribution is -0.143. The zero-order chi connectivity index (χ0) is 22.3. The third-order valence-electron chi connectivity index (χ3n) is 4.63. The molecule has 30 heavy (non-hydrogen) atoms. The second kappa shape index (κ2) is 7.73. The van der Waals surface area contributed by atoms with Crippen LogP contribution in [0.4, 0.5) is 36.4 Å². The Kier molecular flexibility index (Phi) is 5.76. The highest BCUT2D eigenvalue weighted by molar-refractivity contribution is 7.89. The van der Waals surface area contributed by atoms with Crippen LogP contribution >= 0.6 is 0 Å². The summed E-state index contributed by atoms with van der Waals surface area (Å²) < 4.78 is 118. The molecule has 1 aliphatic rings. The topological polar surface area (TPSA) is 40.6 Å². The number of alkyl halides is 6. The van der Waals surface area contributed by atoms with Crippen molar-refractivity contribution in [2.24, 2.45) is 0 Å². The fraction of sp³-hybridized carbons (Fsp3) is 0.333. The first-order valence-corrected chi connectivity index (χ1v) is 10.0. The summed E-state index contributed by atoms with van der Waals surface area (Å²) in [5.74, 6) is -0.526. The van der Waals surface area contributed by atoms with Gasteiger partial charge in [-0.2, -0.15) is 30.6 Å². The van der Waals surface area contributed by atoms with Crippen LogP contribution in [0.5, 0.6) is 0 Å². The predicted octanol–water partition coefficient (Wildman–Crippen LogP) is 4.37. The molecule has 0 aromatic heterocycles. The molecule has 0 N–H and O–H groups in total. The van der Waals surface area contributed by atoms with Gasteiger partial charge in [-0.3, -0.25) is 0 Å². The molecule has 2 aromatic carbocycles. The summed E-state index contributed by atoms with van der Waals surface area (Å²) in [6, 6.07) is 6.02. The molecule has 1 saturated heterocycles. The van der Waals surface area contributed by atoms with Gasteiger partial charge < -0.3 is 4.90 Å². The minimum atomic E-state index is -5.16. The van der Waals surface area contributed by atoms with Gasteiger partial charge in [-0.05, 0) is 30.3 Å². The average molecular weight is 456 g/mol. The minimum absolute atomic E-state index is 0.0191. The first-order valence-electron chi connectivity index (χ1n) is 8.59. The van der Waals surface area contributed by atoms with E-state index in [4.69, 9.17) is 0 Å². The Hall–Kier alpha value is -2.34. The summed E-state index contributed by atoms with van der Waals surface area (Å²) in [6.45, 7) is -0.418. The van der Waals surface area contributed by atoms with Crippen LogP contribution in [0.3, 0.4) is 0 Å². The Balaban J connectivity index is 1.90. The summed E-state index contributed by atoms with van der Waals surface area (Å²) in [5.41, 5.74) is -3.19. The molecule has 1 aliphatic heterocycles. The second-order valence-electron chi connectivity index (χ2n) is 6.58. The molecule has 1 heterocycles. The Morgan fingerprint density at radius 3 is 1.73 bits per heavy atom. The van der Waals surface area contributed by atoms with Crippen LogP contribution in [0, 0.1) is 5.82 Å². The molecule has 2 aromatic rings. The summed E-state index contributed by atoms with van der Waals surface area (Å²) in [7, 11) is -4.63. The molecule has 12 heteroatoms. The lowest BCUT2D eigenvalue weighted by Gasteiger charge is -2.35. The van der Waals surface area contributed by atoms with Crippen molar-refractivity contribution in [3.63, 3.8) is 0 Å². The molecule has 4 nitrogen and oxygen atoms in total. The maximum Gasteiger partial charge on any atom is 0.416 e. The van der Waals surface area contributed by atoms with Crippen LogP contribution in [-0.4, -0.2) is 38.9 Å². The number of rotatable bonds is 3. The summed E-state index contributed by atoms with van der Waals surface area (Å²) >= 11 is 0. The quantitative estimate of drug-likeness (QED) is 0.644. The van der Waals surface area contributed by atoms with E-state index in [1.807, 2.05) is 0 Å². The smallest absolute Gasteiger partial charge is 0.367 e. The first kappa shape index (κ1) is 22.3. The Labute approximate surface area is 167 Å². The summed E-state index contributed by atoms with van der Waals surface area (Å²) in [6.07, 6.45) is -10.3. The maximum atomic E-state index is 13.9. The molecule has 164 valence electrons. The number of benzene rings is 2. The van der Waals surface area contributed by atoms with Gasteiger partial charge in [0.05, 0.1) is 21.7 Å². The highest BCUT2D eigenvalue weighted by Gasteiger charge is 2.39. The molecule has 1 fully saturated rings. The largest absolute Gasteiger partial charge is 0.416 e. The van der Waals surface area contributed by atoms with E-state index in [1.54, 1.807) is 11.0 Å². The molecule has 3 rings (SSSR count). The van der Waals surface area contributed by atoms with Crippen molar-refractivity contribution in [1.82, 2.24) is 4.31 Å². The predicted molar refractivity (Wildman–Crippen MR) is 93.8 cm³/mol. The molecule has 0 spiro atoms. The number of hydrogen-bond acceptors (Lipinski definition) is 3. The number of halogens is 7. The average Bonchev–Trinajstić information content (AvgIpc) is 2.67. The molecule has 0 radical (unpaired) electrons. The Bertz CT molecular complexity index is 995. The van der Waals surface area contributed by atoms with Gasteiger partial charge in [0.25, 0.3) is 0 Å². The van der Waals surface area contributed by atoms with Gasteiger partial charge in [-0.15, -0.1) is 0 Å². The Morgan fingerprint density at radius 2 is 1.27 bits per heavy atom. The highest BCUT2D eigenvalue weighted by atomic mass is 32.2.